The molecule has 0 spiro atoms. The van der Waals surface area contributed by atoms with E-state index < -0.39 is 10.1 Å². The summed E-state index contributed by atoms with van der Waals surface area (Å²) < 4.78 is 30.5. The van der Waals surface area contributed by atoms with Gasteiger partial charge in [0.1, 0.15) is 10.6 Å². The Hall–Kier alpha value is -4.01. The molecule has 0 radical (unpaired) electrons. The molecule has 8 heteroatoms. The van der Waals surface area contributed by atoms with Gasteiger partial charge < -0.3 is 9.50 Å². The fraction of sp³-hybridized carbons (Fsp3) is 0.226. The average Bonchev–Trinajstić information content (AvgIpc) is 2.97. The zero-order valence-electron chi connectivity index (χ0n) is 21.6. The molecule has 1 aromatic heterocycles. The molecule has 0 unspecified atom stereocenters. The lowest BCUT2D eigenvalue weighted by Crippen LogP contribution is -2.32. The van der Waals surface area contributed by atoms with Crippen molar-refractivity contribution in [3.8, 4) is 16.9 Å². The van der Waals surface area contributed by atoms with Gasteiger partial charge in [0, 0.05) is 37.6 Å². The number of nitrogens with one attached hydrogen (secondary N) is 1. The topological polar surface area (TPSA) is 88.6 Å². The molecular formula is C31H31N3O4S. The third-order valence-electron chi connectivity index (χ3n) is 6.84. The number of hydrogen-bond acceptors (Lipinski definition) is 6. The van der Waals surface area contributed by atoms with Crippen LogP contribution in [0, 0.1) is 0 Å². The molecule has 7 nitrogen and oxygen atoms in total. The molecule has 0 bridgehead atoms. The summed E-state index contributed by atoms with van der Waals surface area (Å²) in [5.41, 5.74) is 5.16. The Balaban J connectivity index is 1.07. The van der Waals surface area contributed by atoms with Gasteiger partial charge in [0.15, 0.2) is 0 Å². The lowest BCUT2D eigenvalue weighted by Gasteiger charge is -2.29. The van der Waals surface area contributed by atoms with Crippen molar-refractivity contribution in [1.82, 2.24) is 15.2 Å². The number of aromatic nitrogens is 1. The summed E-state index contributed by atoms with van der Waals surface area (Å²) in [7, 11) is -3.93. The van der Waals surface area contributed by atoms with E-state index in [2.05, 4.69) is 27.3 Å². The predicted octanol–water partition coefficient (Wildman–Crippen LogP) is 5.08. The molecule has 1 aliphatic rings. The van der Waals surface area contributed by atoms with E-state index in [9.17, 15) is 13.2 Å². The standard InChI is InChI=1S/C31H31N3O4S/c35-31(27-12-10-25(11-13-27)24-7-2-1-3-8-24)33-18-4-5-19-34-20-16-26-14-15-29(21-28(26)23-34)38-39(36,37)30-9-6-17-32-22-30/h1-3,6-15,17,21-22H,4-5,16,18-20,23H2,(H,33,35). The van der Waals surface area contributed by atoms with Crippen molar-refractivity contribution in [3.05, 3.63) is 114 Å². The molecule has 3 aromatic carbocycles. The Kier molecular flexibility index (Phi) is 8.34. The minimum Gasteiger partial charge on any atom is -0.379 e. The van der Waals surface area contributed by atoms with Crippen LogP contribution in [0.5, 0.6) is 5.75 Å². The first-order valence-corrected chi connectivity index (χ1v) is 14.5. The van der Waals surface area contributed by atoms with Gasteiger partial charge in [-0.1, -0.05) is 48.5 Å². The van der Waals surface area contributed by atoms with Crippen LogP contribution in [-0.4, -0.2) is 43.8 Å². The van der Waals surface area contributed by atoms with E-state index in [1.165, 1.54) is 24.0 Å². The number of amides is 1. The third kappa shape index (κ3) is 6.90. The van der Waals surface area contributed by atoms with Crippen molar-refractivity contribution in [2.45, 2.75) is 30.7 Å². The highest BCUT2D eigenvalue weighted by Gasteiger charge is 2.20. The Labute approximate surface area is 229 Å². The van der Waals surface area contributed by atoms with Crippen LogP contribution in [0.2, 0.25) is 0 Å². The van der Waals surface area contributed by atoms with Crippen LogP contribution < -0.4 is 9.50 Å². The van der Waals surface area contributed by atoms with Gasteiger partial charge in [0.2, 0.25) is 0 Å². The predicted molar refractivity (Wildman–Crippen MR) is 151 cm³/mol. The van der Waals surface area contributed by atoms with Crippen LogP contribution in [0.3, 0.4) is 0 Å². The largest absolute Gasteiger partial charge is 0.379 e. The maximum atomic E-state index is 12.5. The molecule has 2 heterocycles. The quantitative estimate of drug-likeness (QED) is 0.222. The molecule has 1 aliphatic heterocycles. The summed E-state index contributed by atoms with van der Waals surface area (Å²) in [5.74, 6) is 0.245. The van der Waals surface area contributed by atoms with E-state index in [1.807, 2.05) is 54.6 Å². The molecule has 0 aliphatic carbocycles. The maximum Gasteiger partial charge on any atom is 0.340 e. The number of rotatable bonds is 10. The van der Waals surface area contributed by atoms with E-state index in [1.54, 1.807) is 12.1 Å². The van der Waals surface area contributed by atoms with Crippen LogP contribution in [0.1, 0.15) is 34.3 Å². The lowest BCUT2D eigenvalue weighted by atomic mass is 9.99. The van der Waals surface area contributed by atoms with Crippen molar-refractivity contribution in [1.29, 1.82) is 0 Å². The first kappa shape index (κ1) is 26.6. The highest BCUT2D eigenvalue weighted by molar-refractivity contribution is 7.87. The first-order chi connectivity index (χ1) is 19.0. The van der Waals surface area contributed by atoms with Crippen LogP contribution in [-0.2, 0) is 23.1 Å². The van der Waals surface area contributed by atoms with Gasteiger partial charge in [-0.15, -0.1) is 0 Å². The van der Waals surface area contributed by atoms with Crippen molar-refractivity contribution in [2.24, 2.45) is 0 Å². The van der Waals surface area contributed by atoms with E-state index in [0.717, 1.165) is 55.6 Å². The van der Waals surface area contributed by atoms with Gasteiger partial charge in [0.25, 0.3) is 5.91 Å². The highest BCUT2D eigenvalue weighted by Crippen LogP contribution is 2.26. The number of fused-ring (bicyclic) bond motifs is 1. The molecule has 0 atom stereocenters. The average molecular weight is 542 g/mol. The minimum absolute atomic E-state index is 0.0284. The Morgan fingerprint density at radius 3 is 2.46 bits per heavy atom. The molecule has 1 amide bonds. The smallest absolute Gasteiger partial charge is 0.340 e. The van der Waals surface area contributed by atoms with E-state index in [4.69, 9.17) is 4.18 Å². The number of carbonyl (C=O) groups is 1. The second-order valence-corrected chi connectivity index (χ2v) is 11.1. The van der Waals surface area contributed by atoms with Crippen molar-refractivity contribution >= 4 is 16.0 Å². The fourth-order valence-electron chi connectivity index (χ4n) is 4.71. The molecule has 4 aromatic rings. The minimum atomic E-state index is -3.93. The molecule has 0 fully saturated rings. The summed E-state index contributed by atoms with van der Waals surface area (Å²) in [5, 5.41) is 3.02. The summed E-state index contributed by atoms with van der Waals surface area (Å²) in [4.78, 5) is 18.8. The number of pyridine rings is 1. The summed E-state index contributed by atoms with van der Waals surface area (Å²) in [6, 6.07) is 26.3. The van der Waals surface area contributed by atoms with Crippen LogP contribution in [0.15, 0.2) is 102 Å². The second kappa shape index (κ2) is 12.2. The summed E-state index contributed by atoms with van der Waals surface area (Å²) in [6.07, 6.45) is 5.53. The lowest BCUT2D eigenvalue weighted by molar-refractivity contribution is 0.0952. The Bertz CT molecular complexity index is 1510. The fourth-order valence-corrected chi connectivity index (χ4v) is 5.60. The molecule has 0 saturated carbocycles. The number of carbonyl (C=O) groups excluding carboxylic acids is 1. The molecule has 5 rings (SSSR count). The van der Waals surface area contributed by atoms with Crippen LogP contribution >= 0.6 is 0 Å². The second-order valence-electron chi connectivity index (χ2n) is 9.59. The number of hydrogen-bond donors (Lipinski definition) is 1. The maximum absolute atomic E-state index is 12.5. The molecule has 0 saturated heterocycles. The van der Waals surface area contributed by atoms with Gasteiger partial charge >= 0.3 is 10.1 Å². The van der Waals surface area contributed by atoms with Crippen LogP contribution in [0.25, 0.3) is 11.1 Å². The molecule has 200 valence electrons. The number of benzene rings is 3. The van der Waals surface area contributed by atoms with Gasteiger partial charge in [-0.05, 0) is 84.5 Å². The SMILES string of the molecule is O=C(NCCCCN1CCc2ccc(OS(=O)(=O)c3cccnc3)cc2C1)c1ccc(-c2ccccc2)cc1. The number of unbranched alkanes of at least 4 members (excludes halogenated alkanes) is 1. The summed E-state index contributed by atoms with van der Waals surface area (Å²) >= 11 is 0. The van der Waals surface area contributed by atoms with E-state index >= 15 is 0 Å². The van der Waals surface area contributed by atoms with Crippen molar-refractivity contribution in [3.63, 3.8) is 0 Å². The molecule has 1 N–H and O–H groups in total. The van der Waals surface area contributed by atoms with Gasteiger partial charge in [-0.3, -0.25) is 14.7 Å². The van der Waals surface area contributed by atoms with Crippen molar-refractivity contribution in [2.75, 3.05) is 19.6 Å². The third-order valence-corrected chi connectivity index (χ3v) is 8.07. The number of nitrogens with zero attached hydrogens (tertiary/aromatic N) is 2. The zero-order valence-corrected chi connectivity index (χ0v) is 22.4. The normalized spacial score (nSPS) is 13.4. The summed E-state index contributed by atoms with van der Waals surface area (Å²) in [6.45, 7) is 3.20. The molecule has 39 heavy (non-hydrogen) atoms. The highest BCUT2D eigenvalue weighted by atomic mass is 32.2. The van der Waals surface area contributed by atoms with Crippen molar-refractivity contribution < 1.29 is 17.4 Å². The first-order valence-electron chi connectivity index (χ1n) is 13.1. The van der Waals surface area contributed by atoms with E-state index in [0.29, 0.717) is 17.9 Å². The zero-order chi connectivity index (χ0) is 27.1. The van der Waals surface area contributed by atoms with Gasteiger partial charge in [0.05, 0.1) is 0 Å². The monoisotopic (exact) mass is 541 g/mol. The Morgan fingerprint density at radius 1 is 0.897 bits per heavy atom. The van der Waals surface area contributed by atoms with Gasteiger partial charge in [-0.2, -0.15) is 8.42 Å². The van der Waals surface area contributed by atoms with Gasteiger partial charge in [-0.25, -0.2) is 0 Å². The van der Waals surface area contributed by atoms with E-state index in [-0.39, 0.29) is 10.8 Å². The molecular weight excluding hydrogens is 510 g/mol. The Morgan fingerprint density at radius 2 is 1.69 bits per heavy atom. The van der Waals surface area contributed by atoms with Crippen LogP contribution in [0.4, 0.5) is 0 Å².